The first kappa shape index (κ1) is 20.6. The highest BCUT2D eigenvalue weighted by molar-refractivity contribution is 5.66. The largest absolute Gasteiger partial charge is 0.355 e. The molecule has 26 heavy (non-hydrogen) atoms. The Labute approximate surface area is 161 Å². The Balaban J connectivity index is 1.90. The Morgan fingerprint density at radius 1 is 0.654 bits per heavy atom. The summed E-state index contributed by atoms with van der Waals surface area (Å²) in [6, 6.07) is 15.6. The molecule has 0 bridgehead atoms. The van der Waals surface area contributed by atoms with E-state index in [0.717, 1.165) is 12.8 Å². The van der Waals surface area contributed by atoms with Crippen molar-refractivity contribution in [3.05, 3.63) is 59.2 Å². The van der Waals surface area contributed by atoms with Gasteiger partial charge in [0.25, 0.3) is 0 Å². The third-order valence-electron chi connectivity index (χ3n) is 5.29. The van der Waals surface area contributed by atoms with Crippen LogP contribution >= 0.6 is 0 Å². The summed E-state index contributed by atoms with van der Waals surface area (Å²) in [5.41, 5.74) is 6.80. The summed E-state index contributed by atoms with van der Waals surface area (Å²) in [5, 5.41) is 3.67. The molecule has 2 rings (SSSR count). The summed E-state index contributed by atoms with van der Waals surface area (Å²) in [7, 11) is 0. The maximum absolute atomic E-state index is 3.67. The molecule has 0 amide bonds. The van der Waals surface area contributed by atoms with Crippen LogP contribution in [0.25, 0.3) is 0 Å². The van der Waals surface area contributed by atoms with E-state index in [0.29, 0.717) is 0 Å². The van der Waals surface area contributed by atoms with Crippen molar-refractivity contribution >= 4 is 11.4 Å². The molecule has 0 radical (unpaired) electrons. The molecule has 1 nitrogen and oxygen atoms in total. The van der Waals surface area contributed by atoms with E-state index in [1.807, 2.05) is 0 Å². The predicted octanol–water partition coefficient (Wildman–Crippen LogP) is 7.85. The van der Waals surface area contributed by atoms with E-state index in [1.54, 1.807) is 0 Å². The molecule has 0 aliphatic carbocycles. The number of hydrogen-bond acceptors (Lipinski definition) is 1. The van der Waals surface area contributed by atoms with Crippen molar-refractivity contribution in [1.82, 2.24) is 0 Å². The highest BCUT2D eigenvalue weighted by atomic mass is 14.9. The minimum absolute atomic E-state index is 1.06. The average Bonchev–Trinajstić information content (AvgIpc) is 2.68. The molecule has 1 N–H and O–H groups in total. The highest BCUT2D eigenvalue weighted by Gasteiger charge is 2.06. The zero-order chi connectivity index (χ0) is 18.6. The van der Waals surface area contributed by atoms with Gasteiger partial charge in [-0.3, -0.25) is 0 Å². The van der Waals surface area contributed by atoms with E-state index in [4.69, 9.17) is 0 Å². The van der Waals surface area contributed by atoms with Crippen molar-refractivity contribution in [3.63, 3.8) is 0 Å². The second-order valence-electron chi connectivity index (χ2n) is 7.35. The second-order valence-corrected chi connectivity index (χ2v) is 7.35. The molecular weight excluding hydrogens is 314 g/mol. The van der Waals surface area contributed by atoms with Gasteiger partial charge in [0.15, 0.2) is 0 Å². The third kappa shape index (κ3) is 6.52. The van der Waals surface area contributed by atoms with Gasteiger partial charge in [0.1, 0.15) is 0 Å². The summed E-state index contributed by atoms with van der Waals surface area (Å²) in [6.07, 6.45) is 13.0. The summed E-state index contributed by atoms with van der Waals surface area (Å²) in [5.74, 6) is 0. The number of rotatable bonds is 12. The summed E-state index contributed by atoms with van der Waals surface area (Å²) in [4.78, 5) is 0. The zero-order valence-electron chi connectivity index (χ0n) is 17.1. The van der Waals surface area contributed by atoms with Gasteiger partial charge in [0, 0.05) is 11.4 Å². The zero-order valence-corrected chi connectivity index (χ0v) is 17.1. The maximum Gasteiger partial charge on any atom is 0.0416 e. The van der Waals surface area contributed by atoms with Crippen LogP contribution in [-0.2, 0) is 19.3 Å². The quantitative estimate of drug-likeness (QED) is 0.384. The number of benzene rings is 2. The van der Waals surface area contributed by atoms with Gasteiger partial charge in [-0.25, -0.2) is 0 Å². The van der Waals surface area contributed by atoms with Gasteiger partial charge in [-0.2, -0.15) is 0 Å². The standard InChI is InChI=1S/C25H37N/c1-4-7-8-9-10-11-12-15-21-18-19-25(23(6-3)20-21)26-24-17-14-13-16-22(24)5-2/h13-14,16-20,26H,4-12,15H2,1-3H3. The van der Waals surface area contributed by atoms with E-state index in [-0.39, 0.29) is 0 Å². The number of para-hydroxylation sites is 1. The van der Waals surface area contributed by atoms with E-state index in [2.05, 4.69) is 68.6 Å². The SMILES string of the molecule is CCCCCCCCCc1ccc(Nc2ccccc2CC)c(CC)c1. The Hall–Kier alpha value is -1.76. The molecular formula is C25H37N. The number of unbranched alkanes of at least 4 members (excludes halogenated alkanes) is 6. The van der Waals surface area contributed by atoms with Gasteiger partial charge in [0.05, 0.1) is 0 Å². The molecule has 1 heteroatoms. The fourth-order valence-electron chi connectivity index (χ4n) is 3.60. The van der Waals surface area contributed by atoms with Crippen molar-refractivity contribution in [1.29, 1.82) is 0 Å². The van der Waals surface area contributed by atoms with Crippen molar-refractivity contribution in [2.75, 3.05) is 5.32 Å². The van der Waals surface area contributed by atoms with Crippen LogP contribution in [0.3, 0.4) is 0 Å². The molecule has 0 unspecified atom stereocenters. The Kier molecular flexibility index (Phi) is 9.31. The molecule has 0 aliphatic rings. The van der Waals surface area contributed by atoms with Crippen molar-refractivity contribution in [3.8, 4) is 0 Å². The van der Waals surface area contributed by atoms with Gasteiger partial charge in [0.2, 0.25) is 0 Å². The van der Waals surface area contributed by atoms with Gasteiger partial charge < -0.3 is 5.32 Å². The highest BCUT2D eigenvalue weighted by Crippen LogP contribution is 2.26. The minimum Gasteiger partial charge on any atom is -0.355 e. The van der Waals surface area contributed by atoms with Crippen LogP contribution < -0.4 is 5.32 Å². The molecule has 0 aliphatic heterocycles. The van der Waals surface area contributed by atoms with E-state index < -0.39 is 0 Å². The third-order valence-corrected chi connectivity index (χ3v) is 5.29. The monoisotopic (exact) mass is 351 g/mol. The Morgan fingerprint density at radius 2 is 1.31 bits per heavy atom. The van der Waals surface area contributed by atoms with E-state index >= 15 is 0 Å². The summed E-state index contributed by atoms with van der Waals surface area (Å²) < 4.78 is 0. The van der Waals surface area contributed by atoms with Crippen molar-refractivity contribution in [2.45, 2.75) is 85.0 Å². The molecule has 142 valence electrons. The number of aryl methyl sites for hydroxylation is 3. The lowest BCUT2D eigenvalue weighted by atomic mass is 10.0. The van der Waals surface area contributed by atoms with Crippen LogP contribution in [0.4, 0.5) is 11.4 Å². The normalized spacial score (nSPS) is 10.9. The lowest BCUT2D eigenvalue weighted by Gasteiger charge is -2.15. The smallest absolute Gasteiger partial charge is 0.0416 e. The van der Waals surface area contributed by atoms with Crippen LogP contribution in [0.15, 0.2) is 42.5 Å². The second kappa shape index (κ2) is 11.8. The van der Waals surface area contributed by atoms with Gasteiger partial charge >= 0.3 is 0 Å². The summed E-state index contributed by atoms with van der Waals surface area (Å²) in [6.45, 7) is 6.75. The lowest BCUT2D eigenvalue weighted by Crippen LogP contribution is -1.99. The van der Waals surface area contributed by atoms with Gasteiger partial charge in [-0.1, -0.05) is 89.6 Å². The predicted molar refractivity (Wildman–Crippen MR) is 117 cm³/mol. The molecule has 0 saturated carbocycles. The maximum atomic E-state index is 3.67. The molecule has 0 fully saturated rings. The first-order valence-corrected chi connectivity index (χ1v) is 10.7. The minimum atomic E-state index is 1.06. The molecule has 0 heterocycles. The van der Waals surface area contributed by atoms with Crippen molar-refractivity contribution in [2.24, 2.45) is 0 Å². The fourth-order valence-corrected chi connectivity index (χ4v) is 3.60. The van der Waals surface area contributed by atoms with Crippen molar-refractivity contribution < 1.29 is 0 Å². The first-order valence-electron chi connectivity index (χ1n) is 10.7. The number of nitrogens with one attached hydrogen (secondary N) is 1. The van der Waals surface area contributed by atoms with Crippen LogP contribution in [-0.4, -0.2) is 0 Å². The van der Waals surface area contributed by atoms with Gasteiger partial charge in [-0.05, 0) is 54.5 Å². The topological polar surface area (TPSA) is 12.0 Å². The van der Waals surface area contributed by atoms with E-state index in [1.165, 1.54) is 79.4 Å². The fraction of sp³-hybridized carbons (Fsp3) is 0.520. The summed E-state index contributed by atoms with van der Waals surface area (Å²) >= 11 is 0. The molecule has 0 atom stereocenters. The molecule has 2 aromatic rings. The first-order chi connectivity index (χ1) is 12.8. The van der Waals surface area contributed by atoms with Crippen LogP contribution in [0.1, 0.15) is 82.4 Å². The van der Waals surface area contributed by atoms with Crippen LogP contribution in [0.5, 0.6) is 0 Å². The van der Waals surface area contributed by atoms with E-state index in [9.17, 15) is 0 Å². The van der Waals surface area contributed by atoms with Gasteiger partial charge in [-0.15, -0.1) is 0 Å². The van der Waals surface area contributed by atoms with Crippen LogP contribution in [0, 0.1) is 0 Å². The lowest BCUT2D eigenvalue weighted by molar-refractivity contribution is 0.589. The molecule has 2 aromatic carbocycles. The number of anilines is 2. The number of hydrogen-bond donors (Lipinski definition) is 1. The molecule has 0 aromatic heterocycles. The molecule has 0 spiro atoms. The van der Waals surface area contributed by atoms with Crippen LogP contribution in [0.2, 0.25) is 0 Å². The Morgan fingerprint density at radius 3 is 2.04 bits per heavy atom. The average molecular weight is 352 g/mol. The Bertz CT molecular complexity index is 644. The molecule has 0 saturated heterocycles.